The molecule has 2 fully saturated rings. The number of hydrogen-bond acceptors (Lipinski definition) is 5. The van der Waals surface area contributed by atoms with Crippen LogP contribution in [0.25, 0.3) is 0 Å². The molecule has 8 nitrogen and oxygen atoms in total. The first kappa shape index (κ1) is 21.9. The Balaban J connectivity index is 1.20. The van der Waals surface area contributed by atoms with Crippen LogP contribution >= 0.6 is 23.2 Å². The molecule has 1 unspecified atom stereocenters. The SMILES string of the molecule is O=C(c1cc(Cl)cc(Cl)c1)N1CCN(C(=O)C2CC(=O)N(c3ccc4c(c3)OCO4)C2)CC1. The number of carbonyl (C=O) groups excluding carboxylic acids is 3. The molecule has 5 rings (SSSR count). The Morgan fingerprint density at radius 1 is 0.879 bits per heavy atom. The van der Waals surface area contributed by atoms with Crippen molar-refractivity contribution < 1.29 is 23.9 Å². The molecule has 1 atom stereocenters. The van der Waals surface area contributed by atoms with Gasteiger partial charge >= 0.3 is 0 Å². The first-order chi connectivity index (χ1) is 15.9. The molecule has 2 saturated heterocycles. The van der Waals surface area contributed by atoms with Crippen molar-refractivity contribution in [1.29, 1.82) is 0 Å². The molecular weight excluding hydrogens is 469 g/mol. The van der Waals surface area contributed by atoms with Crippen molar-refractivity contribution >= 4 is 46.6 Å². The van der Waals surface area contributed by atoms with Crippen molar-refractivity contribution in [3.8, 4) is 11.5 Å². The van der Waals surface area contributed by atoms with E-state index in [9.17, 15) is 14.4 Å². The molecule has 0 bridgehead atoms. The number of fused-ring (bicyclic) bond motifs is 1. The van der Waals surface area contributed by atoms with Crippen molar-refractivity contribution in [3.05, 3.63) is 52.0 Å². The topological polar surface area (TPSA) is 79.4 Å². The van der Waals surface area contributed by atoms with E-state index in [0.29, 0.717) is 65.5 Å². The van der Waals surface area contributed by atoms with Gasteiger partial charge in [0.1, 0.15) is 0 Å². The van der Waals surface area contributed by atoms with Gasteiger partial charge in [-0.15, -0.1) is 0 Å². The number of rotatable bonds is 3. The maximum absolute atomic E-state index is 13.1. The van der Waals surface area contributed by atoms with E-state index in [1.807, 2.05) is 0 Å². The van der Waals surface area contributed by atoms with Crippen molar-refractivity contribution in [3.63, 3.8) is 0 Å². The van der Waals surface area contributed by atoms with Crippen molar-refractivity contribution in [2.45, 2.75) is 6.42 Å². The maximum atomic E-state index is 13.1. The van der Waals surface area contributed by atoms with Crippen LogP contribution in [0, 0.1) is 5.92 Å². The predicted octanol–water partition coefficient (Wildman–Crippen LogP) is 3.06. The molecule has 3 amide bonds. The summed E-state index contributed by atoms with van der Waals surface area (Å²) in [5, 5.41) is 0.801. The third kappa shape index (κ3) is 4.32. The molecular formula is C23H21Cl2N3O5. The lowest BCUT2D eigenvalue weighted by Gasteiger charge is -2.36. The monoisotopic (exact) mass is 489 g/mol. The zero-order valence-electron chi connectivity index (χ0n) is 17.6. The van der Waals surface area contributed by atoms with Crippen LogP contribution in [-0.4, -0.2) is 67.0 Å². The number of anilines is 1. The molecule has 10 heteroatoms. The number of piperazine rings is 1. The summed E-state index contributed by atoms with van der Waals surface area (Å²) in [6.45, 7) is 2.10. The molecule has 2 aromatic carbocycles. The van der Waals surface area contributed by atoms with Gasteiger partial charge in [0.05, 0.1) is 5.92 Å². The Kier molecular flexibility index (Phi) is 5.80. The van der Waals surface area contributed by atoms with Gasteiger partial charge in [0.25, 0.3) is 5.91 Å². The van der Waals surface area contributed by atoms with Crippen molar-refractivity contribution in [2.24, 2.45) is 5.92 Å². The zero-order chi connectivity index (χ0) is 23.1. The van der Waals surface area contributed by atoms with E-state index in [2.05, 4.69) is 0 Å². The second-order valence-corrected chi connectivity index (χ2v) is 9.09. The number of halogens is 2. The third-order valence-corrected chi connectivity index (χ3v) is 6.57. The fourth-order valence-corrected chi connectivity index (χ4v) is 4.95. The van der Waals surface area contributed by atoms with Crippen molar-refractivity contribution in [1.82, 2.24) is 9.80 Å². The summed E-state index contributed by atoms with van der Waals surface area (Å²) in [4.78, 5) is 43.6. The predicted molar refractivity (Wildman–Crippen MR) is 122 cm³/mol. The number of nitrogens with zero attached hydrogens (tertiary/aromatic N) is 3. The van der Waals surface area contributed by atoms with Gasteiger partial charge < -0.3 is 24.2 Å². The lowest BCUT2D eigenvalue weighted by Crippen LogP contribution is -2.52. The van der Waals surface area contributed by atoms with E-state index < -0.39 is 5.92 Å². The quantitative estimate of drug-likeness (QED) is 0.661. The Bertz CT molecular complexity index is 1110. The molecule has 0 aromatic heterocycles. The summed E-state index contributed by atoms with van der Waals surface area (Å²) in [6, 6.07) is 10.1. The summed E-state index contributed by atoms with van der Waals surface area (Å²) in [5.41, 5.74) is 1.11. The molecule has 3 aliphatic heterocycles. The van der Waals surface area contributed by atoms with E-state index in [0.717, 1.165) is 0 Å². The van der Waals surface area contributed by atoms with Crippen LogP contribution < -0.4 is 14.4 Å². The molecule has 0 saturated carbocycles. The van der Waals surface area contributed by atoms with Gasteiger partial charge in [-0.3, -0.25) is 14.4 Å². The Morgan fingerprint density at radius 3 is 2.27 bits per heavy atom. The van der Waals surface area contributed by atoms with Gasteiger partial charge in [-0.1, -0.05) is 23.2 Å². The third-order valence-electron chi connectivity index (χ3n) is 6.13. The van der Waals surface area contributed by atoms with Gasteiger partial charge in [-0.2, -0.15) is 0 Å². The first-order valence-electron chi connectivity index (χ1n) is 10.6. The van der Waals surface area contributed by atoms with Gasteiger partial charge in [-0.05, 0) is 30.3 Å². The van der Waals surface area contributed by atoms with Gasteiger partial charge in [0, 0.05) is 66.5 Å². The fraction of sp³-hybridized carbons (Fsp3) is 0.348. The summed E-state index contributed by atoms with van der Waals surface area (Å²) in [6.07, 6.45) is 0.160. The molecule has 2 aromatic rings. The molecule has 0 radical (unpaired) electrons. The number of ether oxygens (including phenoxy) is 2. The van der Waals surface area contributed by atoms with Gasteiger partial charge in [-0.25, -0.2) is 0 Å². The van der Waals surface area contributed by atoms with Crippen LogP contribution in [0.1, 0.15) is 16.8 Å². The van der Waals surface area contributed by atoms with E-state index in [1.54, 1.807) is 51.1 Å². The van der Waals surface area contributed by atoms with Crippen LogP contribution in [0.15, 0.2) is 36.4 Å². The largest absolute Gasteiger partial charge is 0.454 e. The number of hydrogen-bond donors (Lipinski definition) is 0. The fourth-order valence-electron chi connectivity index (χ4n) is 4.42. The highest BCUT2D eigenvalue weighted by atomic mass is 35.5. The minimum Gasteiger partial charge on any atom is -0.454 e. The maximum Gasteiger partial charge on any atom is 0.254 e. The van der Waals surface area contributed by atoms with Crippen LogP contribution in [0.2, 0.25) is 10.0 Å². The molecule has 0 spiro atoms. The zero-order valence-corrected chi connectivity index (χ0v) is 19.1. The lowest BCUT2D eigenvalue weighted by molar-refractivity contribution is -0.137. The second-order valence-electron chi connectivity index (χ2n) is 8.22. The lowest BCUT2D eigenvalue weighted by atomic mass is 10.1. The van der Waals surface area contributed by atoms with Crippen LogP contribution in [0.5, 0.6) is 11.5 Å². The highest BCUT2D eigenvalue weighted by molar-refractivity contribution is 6.35. The summed E-state index contributed by atoms with van der Waals surface area (Å²) < 4.78 is 10.7. The minimum absolute atomic E-state index is 0.0653. The van der Waals surface area contributed by atoms with Gasteiger partial charge in [0.2, 0.25) is 18.6 Å². The molecule has 0 aliphatic carbocycles. The van der Waals surface area contributed by atoms with E-state index >= 15 is 0 Å². The van der Waals surface area contributed by atoms with Crippen LogP contribution in [0.4, 0.5) is 5.69 Å². The highest BCUT2D eigenvalue weighted by Gasteiger charge is 2.38. The minimum atomic E-state index is -0.420. The van der Waals surface area contributed by atoms with Gasteiger partial charge in [0.15, 0.2) is 11.5 Å². The van der Waals surface area contributed by atoms with E-state index in [-0.39, 0.29) is 30.9 Å². The van der Waals surface area contributed by atoms with Crippen LogP contribution in [-0.2, 0) is 9.59 Å². The smallest absolute Gasteiger partial charge is 0.254 e. The summed E-state index contributed by atoms with van der Waals surface area (Å²) in [7, 11) is 0. The van der Waals surface area contributed by atoms with E-state index in [4.69, 9.17) is 32.7 Å². The molecule has 0 N–H and O–H groups in total. The molecule has 172 valence electrons. The number of amides is 3. The Hall–Kier alpha value is -2.97. The molecule has 33 heavy (non-hydrogen) atoms. The van der Waals surface area contributed by atoms with Crippen molar-refractivity contribution in [2.75, 3.05) is 44.4 Å². The first-order valence-corrected chi connectivity index (χ1v) is 11.4. The highest BCUT2D eigenvalue weighted by Crippen LogP contribution is 2.37. The standard InChI is InChI=1S/C23H21Cl2N3O5/c24-16-7-14(8-17(25)10-16)22(30)26-3-5-27(6-4-26)23(31)15-9-21(29)28(12-15)18-1-2-19-20(11-18)33-13-32-19/h1-2,7-8,10-11,15H,3-6,9,12-13H2. The Morgan fingerprint density at radius 2 is 1.55 bits per heavy atom. The van der Waals surface area contributed by atoms with E-state index in [1.165, 1.54) is 0 Å². The second kappa shape index (κ2) is 8.76. The molecule has 3 aliphatic rings. The summed E-state index contributed by atoms with van der Waals surface area (Å²) >= 11 is 12.0. The number of benzene rings is 2. The average Bonchev–Trinajstić information content (AvgIpc) is 3.43. The Labute approximate surface area is 200 Å². The summed E-state index contributed by atoms with van der Waals surface area (Å²) in [5.74, 6) is 0.485. The average molecular weight is 490 g/mol. The van der Waals surface area contributed by atoms with Crippen LogP contribution in [0.3, 0.4) is 0 Å². The number of carbonyl (C=O) groups is 3. The normalized spacial score (nSPS) is 19.9. The molecule has 3 heterocycles.